The molecule has 3 nitrogen and oxygen atoms in total. The van der Waals surface area contributed by atoms with Gasteiger partial charge in [0.1, 0.15) is 10.2 Å². The predicted octanol–water partition coefficient (Wildman–Crippen LogP) is 3.22. The maximum absolute atomic E-state index is 12.6. The third kappa shape index (κ3) is 2.43. The smallest absolute Gasteiger partial charge is 0.341 e. The summed E-state index contributed by atoms with van der Waals surface area (Å²) in [5, 5.41) is -0.270. The van der Waals surface area contributed by atoms with Crippen molar-refractivity contribution in [2.24, 2.45) is 0 Å². The SMILES string of the molecule is COC(=O)c1c(Br)ncc(Cl)c1C(F)F. The molecule has 0 N–H and O–H groups in total. The first-order valence-electron chi connectivity index (χ1n) is 3.69. The van der Waals surface area contributed by atoms with Crippen molar-refractivity contribution in [1.82, 2.24) is 4.98 Å². The van der Waals surface area contributed by atoms with Crippen LogP contribution in [0.15, 0.2) is 10.8 Å². The Morgan fingerprint density at radius 3 is 2.73 bits per heavy atom. The van der Waals surface area contributed by atoms with Crippen molar-refractivity contribution in [2.45, 2.75) is 6.43 Å². The molecule has 7 heteroatoms. The number of hydrogen-bond acceptors (Lipinski definition) is 3. The zero-order valence-electron chi connectivity index (χ0n) is 7.43. The number of halogens is 4. The molecular weight excluding hydrogens is 295 g/mol. The summed E-state index contributed by atoms with van der Waals surface area (Å²) in [5.41, 5.74) is -0.926. The molecule has 1 aromatic rings. The normalized spacial score (nSPS) is 10.5. The molecule has 0 atom stereocenters. The number of methoxy groups -OCH3 is 1. The van der Waals surface area contributed by atoms with Gasteiger partial charge in [-0.1, -0.05) is 11.6 Å². The second-order valence-electron chi connectivity index (χ2n) is 2.48. The summed E-state index contributed by atoms with van der Waals surface area (Å²) in [6.07, 6.45) is -1.83. The van der Waals surface area contributed by atoms with E-state index >= 15 is 0 Å². The van der Waals surface area contributed by atoms with Crippen LogP contribution in [0.5, 0.6) is 0 Å². The first kappa shape index (κ1) is 12.3. The first-order chi connectivity index (χ1) is 6.99. The van der Waals surface area contributed by atoms with Gasteiger partial charge < -0.3 is 4.74 Å². The molecule has 0 spiro atoms. The van der Waals surface area contributed by atoms with E-state index in [9.17, 15) is 13.6 Å². The number of esters is 1. The van der Waals surface area contributed by atoms with Gasteiger partial charge in [-0.15, -0.1) is 0 Å². The second kappa shape index (κ2) is 4.85. The molecule has 0 unspecified atom stereocenters. The lowest BCUT2D eigenvalue weighted by Gasteiger charge is -2.09. The fourth-order valence-electron chi connectivity index (χ4n) is 0.988. The molecule has 0 fully saturated rings. The van der Waals surface area contributed by atoms with E-state index in [-0.39, 0.29) is 15.2 Å². The van der Waals surface area contributed by atoms with E-state index in [4.69, 9.17) is 11.6 Å². The molecule has 0 aliphatic heterocycles. The molecule has 0 radical (unpaired) electrons. The molecule has 0 saturated heterocycles. The number of carbonyl (C=O) groups is 1. The van der Waals surface area contributed by atoms with Crippen molar-refractivity contribution in [1.29, 1.82) is 0 Å². The minimum Gasteiger partial charge on any atom is -0.465 e. The Labute approximate surface area is 97.5 Å². The highest BCUT2D eigenvalue weighted by Gasteiger charge is 2.25. The molecule has 1 heterocycles. The number of nitrogens with zero attached hydrogens (tertiary/aromatic N) is 1. The van der Waals surface area contributed by atoms with Gasteiger partial charge in [0, 0.05) is 6.20 Å². The summed E-state index contributed by atoms with van der Waals surface area (Å²) < 4.78 is 29.6. The van der Waals surface area contributed by atoms with Crippen LogP contribution in [0.2, 0.25) is 5.02 Å². The number of ether oxygens (including phenoxy) is 1. The Morgan fingerprint density at radius 2 is 2.27 bits per heavy atom. The quantitative estimate of drug-likeness (QED) is 0.622. The maximum atomic E-state index is 12.6. The van der Waals surface area contributed by atoms with Gasteiger partial charge in [0.2, 0.25) is 0 Å². The Hall–Kier alpha value is -0.750. The molecule has 0 bridgehead atoms. The summed E-state index contributed by atoms with van der Waals surface area (Å²) in [4.78, 5) is 14.9. The van der Waals surface area contributed by atoms with Gasteiger partial charge in [-0.2, -0.15) is 0 Å². The van der Waals surface area contributed by atoms with E-state index in [1.165, 1.54) is 0 Å². The van der Waals surface area contributed by atoms with Crippen LogP contribution >= 0.6 is 27.5 Å². The van der Waals surface area contributed by atoms with Gasteiger partial charge in [-0.3, -0.25) is 0 Å². The van der Waals surface area contributed by atoms with Gasteiger partial charge >= 0.3 is 5.97 Å². The number of carbonyl (C=O) groups excluding carboxylic acids is 1. The minimum atomic E-state index is -2.87. The Morgan fingerprint density at radius 1 is 1.67 bits per heavy atom. The predicted molar refractivity (Wildman–Crippen MR) is 53.2 cm³/mol. The molecule has 1 rings (SSSR count). The monoisotopic (exact) mass is 299 g/mol. The summed E-state index contributed by atoms with van der Waals surface area (Å²) in [5.74, 6) is -0.910. The number of alkyl halides is 2. The van der Waals surface area contributed by atoms with Crippen molar-refractivity contribution < 1.29 is 18.3 Å². The fourth-order valence-corrected chi connectivity index (χ4v) is 1.69. The highest BCUT2D eigenvalue weighted by Crippen LogP contribution is 2.33. The van der Waals surface area contributed by atoms with Crippen LogP contribution in [0, 0.1) is 0 Å². The molecule has 82 valence electrons. The molecule has 0 aliphatic carbocycles. The van der Waals surface area contributed by atoms with Crippen LogP contribution in [0.1, 0.15) is 22.3 Å². The summed E-state index contributed by atoms with van der Waals surface area (Å²) >= 11 is 8.41. The minimum absolute atomic E-state index is 0.0194. The topological polar surface area (TPSA) is 39.2 Å². The van der Waals surface area contributed by atoms with Crippen molar-refractivity contribution >= 4 is 33.5 Å². The molecule has 0 aromatic carbocycles. The lowest BCUT2D eigenvalue weighted by molar-refractivity contribution is 0.0587. The van der Waals surface area contributed by atoms with Crippen LogP contribution < -0.4 is 0 Å². The van der Waals surface area contributed by atoms with Crippen molar-refractivity contribution in [3.8, 4) is 0 Å². The summed E-state index contributed by atoms with van der Waals surface area (Å²) in [6, 6.07) is 0. The van der Waals surface area contributed by atoms with E-state index < -0.39 is 18.0 Å². The van der Waals surface area contributed by atoms with E-state index in [0.717, 1.165) is 13.3 Å². The van der Waals surface area contributed by atoms with Crippen molar-refractivity contribution in [3.63, 3.8) is 0 Å². The maximum Gasteiger partial charge on any atom is 0.341 e. The van der Waals surface area contributed by atoms with Gasteiger partial charge in [0.05, 0.1) is 17.7 Å². The molecule has 0 saturated carbocycles. The fraction of sp³-hybridized carbons (Fsp3) is 0.250. The average Bonchev–Trinajstić information content (AvgIpc) is 2.19. The van der Waals surface area contributed by atoms with Gasteiger partial charge in [-0.05, 0) is 15.9 Å². The molecular formula is C8H5BrClF2NO2. The number of pyridine rings is 1. The number of hydrogen-bond donors (Lipinski definition) is 0. The molecule has 1 aromatic heterocycles. The van der Waals surface area contributed by atoms with Gasteiger partial charge in [0.15, 0.2) is 0 Å². The first-order valence-corrected chi connectivity index (χ1v) is 4.86. The average molecular weight is 300 g/mol. The molecule has 0 amide bonds. The van der Waals surface area contributed by atoms with Crippen LogP contribution in [-0.4, -0.2) is 18.1 Å². The van der Waals surface area contributed by atoms with E-state index in [2.05, 4.69) is 25.7 Å². The van der Waals surface area contributed by atoms with Gasteiger partial charge in [0.25, 0.3) is 6.43 Å². The standard InChI is InChI=1S/C8H5BrClF2NO2/c1-15-8(14)5-4(7(11)12)3(10)2-13-6(5)9/h2,7H,1H3. The third-order valence-corrected chi connectivity index (χ3v) is 2.53. The largest absolute Gasteiger partial charge is 0.465 e. The van der Waals surface area contributed by atoms with Crippen LogP contribution in [-0.2, 0) is 4.74 Å². The van der Waals surface area contributed by atoms with E-state index in [1.807, 2.05) is 0 Å². The van der Waals surface area contributed by atoms with E-state index in [1.54, 1.807) is 0 Å². The van der Waals surface area contributed by atoms with E-state index in [0.29, 0.717) is 0 Å². The second-order valence-corrected chi connectivity index (χ2v) is 3.64. The molecule has 15 heavy (non-hydrogen) atoms. The zero-order chi connectivity index (χ0) is 11.6. The Balaban J connectivity index is 3.45. The third-order valence-electron chi connectivity index (χ3n) is 1.63. The highest BCUT2D eigenvalue weighted by molar-refractivity contribution is 9.10. The Kier molecular flexibility index (Phi) is 3.98. The van der Waals surface area contributed by atoms with Crippen molar-refractivity contribution in [2.75, 3.05) is 7.11 Å². The lowest BCUT2D eigenvalue weighted by Crippen LogP contribution is -2.09. The zero-order valence-corrected chi connectivity index (χ0v) is 9.77. The number of rotatable bonds is 2. The number of aromatic nitrogens is 1. The van der Waals surface area contributed by atoms with Crippen LogP contribution in [0.4, 0.5) is 8.78 Å². The highest BCUT2D eigenvalue weighted by atomic mass is 79.9. The van der Waals surface area contributed by atoms with Gasteiger partial charge in [-0.25, -0.2) is 18.6 Å². The Bertz CT molecular complexity index is 400. The van der Waals surface area contributed by atoms with Crippen LogP contribution in [0.3, 0.4) is 0 Å². The summed E-state index contributed by atoms with van der Waals surface area (Å²) in [6.45, 7) is 0. The lowest BCUT2D eigenvalue weighted by atomic mass is 10.1. The summed E-state index contributed by atoms with van der Waals surface area (Å²) in [7, 11) is 1.09. The van der Waals surface area contributed by atoms with Crippen molar-refractivity contribution in [3.05, 3.63) is 26.9 Å². The molecule has 0 aliphatic rings. The van der Waals surface area contributed by atoms with Crippen LogP contribution in [0.25, 0.3) is 0 Å².